The van der Waals surface area contributed by atoms with Crippen molar-refractivity contribution >= 4 is 17.5 Å². The minimum Gasteiger partial charge on any atom is -0.482 e. The van der Waals surface area contributed by atoms with Crippen LogP contribution >= 0.6 is 0 Å². The van der Waals surface area contributed by atoms with Crippen molar-refractivity contribution in [2.45, 2.75) is 6.92 Å². The van der Waals surface area contributed by atoms with Crippen LogP contribution in [0.5, 0.6) is 5.75 Å². The molecule has 1 N–H and O–H groups in total. The van der Waals surface area contributed by atoms with Crippen LogP contribution in [0.2, 0.25) is 0 Å². The Morgan fingerprint density at radius 3 is 3.24 bits per heavy atom. The van der Waals surface area contributed by atoms with Gasteiger partial charge in [-0.1, -0.05) is 6.07 Å². The zero-order valence-corrected chi connectivity index (χ0v) is 9.53. The molecular formula is C12H13N2O3. The van der Waals surface area contributed by atoms with E-state index in [0.29, 0.717) is 24.5 Å². The van der Waals surface area contributed by atoms with E-state index in [1.54, 1.807) is 23.1 Å². The molecule has 0 bridgehead atoms. The van der Waals surface area contributed by atoms with E-state index in [4.69, 9.17) is 4.74 Å². The van der Waals surface area contributed by atoms with Crippen LogP contribution in [0, 0.1) is 6.07 Å². The van der Waals surface area contributed by atoms with E-state index >= 15 is 0 Å². The number of nitrogens with zero attached hydrogens (tertiary/aromatic N) is 1. The highest BCUT2D eigenvalue weighted by Crippen LogP contribution is 2.30. The van der Waals surface area contributed by atoms with Crippen molar-refractivity contribution in [1.29, 1.82) is 0 Å². The summed E-state index contributed by atoms with van der Waals surface area (Å²) in [4.78, 5) is 24.1. The van der Waals surface area contributed by atoms with Gasteiger partial charge in [-0.25, -0.2) is 0 Å². The highest BCUT2D eigenvalue weighted by atomic mass is 16.5. The second-order valence-corrected chi connectivity index (χ2v) is 3.71. The Morgan fingerprint density at radius 1 is 1.65 bits per heavy atom. The SMILES string of the molecule is CC(=O)NCCN1C(=O)COc2cc[c]cc21. The number of nitrogens with one attached hydrogen (secondary N) is 1. The van der Waals surface area contributed by atoms with Crippen molar-refractivity contribution in [3.8, 4) is 5.75 Å². The molecule has 0 atom stereocenters. The van der Waals surface area contributed by atoms with Crippen molar-refractivity contribution < 1.29 is 14.3 Å². The molecule has 0 unspecified atom stereocenters. The van der Waals surface area contributed by atoms with Gasteiger partial charge in [-0.05, 0) is 18.2 Å². The first kappa shape index (κ1) is 11.4. The van der Waals surface area contributed by atoms with Crippen molar-refractivity contribution in [2.75, 3.05) is 24.6 Å². The predicted molar refractivity (Wildman–Crippen MR) is 61.8 cm³/mol. The lowest BCUT2D eigenvalue weighted by Crippen LogP contribution is -2.43. The molecule has 2 rings (SSSR count). The van der Waals surface area contributed by atoms with E-state index in [-0.39, 0.29) is 18.4 Å². The molecule has 0 spiro atoms. The number of anilines is 1. The van der Waals surface area contributed by atoms with E-state index in [1.165, 1.54) is 6.92 Å². The average molecular weight is 233 g/mol. The fraction of sp³-hybridized carbons (Fsp3) is 0.333. The number of hydrogen-bond acceptors (Lipinski definition) is 3. The molecule has 1 aliphatic rings. The first-order chi connectivity index (χ1) is 8.18. The summed E-state index contributed by atoms with van der Waals surface area (Å²) in [7, 11) is 0. The van der Waals surface area contributed by atoms with Crippen molar-refractivity contribution in [3.05, 3.63) is 24.3 Å². The normalized spacial score (nSPS) is 13.9. The molecular weight excluding hydrogens is 220 g/mol. The maximum absolute atomic E-state index is 11.7. The van der Waals surface area contributed by atoms with Crippen LogP contribution in [0.25, 0.3) is 0 Å². The van der Waals surface area contributed by atoms with Crippen LogP contribution in [0.1, 0.15) is 6.92 Å². The van der Waals surface area contributed by atoms with Gasteiger partial charge in [0.1, 0.15) is 5.75 Å². The van der Waals surface area contributed by atoms with E-state index in [1.807, 2.05) is 0 Å². The summed E-state index contributed by atoms with van der Waals surface area (Å²) in [6, 6.07) is 8.13. The molecule has 5 nitrogen and oxygen atoms in total. The number of carbonyl (C=O) groups excluding carboxylic acids is 2. The van der Waals surface area contributed by atoms with Crippen LogP contribution in [-0.4, -0.2) is 31.5 Å². The Hall–Kier alpha value is -2.04. The highest BCUT2D eigenvalue weighted by Gasteiger charge is 2.24. The molecule has 1 radical (unpaired) electrons. The number of carbonyl (C=O) groups is 2. The Balaban J connectivity index is 2.10. The van der Waals surface area contributed by atoms with E-state index in [2.05, 4.69) is 11.4 Å². The third-order valence-corrected chi connectivity index (χ3v) is 2.46. The number of fused-ring (bicyclic) bond motifs is 1. The fourth-order valence-corrected chi connectivity index (χ4v) is 1.68. The number of ether oxygens (including phenoxy) is 1. The van der Waals surface area contributed by atoms with Crippen LogP contribution in [0.4, 0.5) is 5.69 Å². The Labute approximate surface area is 99.4 Å². The maximum atomic E-state index is 11.7. The molecule has 1 aromatic carbocycles. The minimum absolute atomic E-state index is 0.0388. The fourth-order valence-electron chi connectivity index (χ4n) is 1.68. The van der Waals surface area contributed by atoms with Gasteiger partial charge in [0.2, 0.25) is 5.91 Å². The lowest BCUT2D eigenvalue weighted by atomic mass is 10.2. The third-order valence-electron chi connectivity index (χ3n) is 2.46. The third kappa shape index (κ3) is 2.55. The van der Waals surface area contributed by atoms with Gasteiger partial charge >= 0.3 is 0 Å². The Bertz CT molecular complexity index is 445. The zero-order chi connectivity index (χ0) is 12.3. The second-order valence-electron chi connectivity index (χ2n) is 3.71. The van der Waals surface area contributed by atoms with E-state index in [0.717, 1.165) is 0 Å². The second kappa shape index (κ2) is 4.86. The van der Waals surface area contributed by atoms with Gasteiger partial charge in [0.05, 0.1) is 5.69 Å². The molecule has 5 heteroatoms. The summed E-state index contributed by atoms with van der Waals surface area (Å²) in [5.74, 6) is 0.458. The summed E-state index contributed by atoms with van der Waals surface area (Å²) in [6.07, 6.45) is 0. The molecule has 0 saturated heterocycles. The number of hydrogen-bond donors (Lipinski definition) is 1. The molecule has 1 aromatic rings. The molecule has 2 amide bonds. The lowest BCUT2D eigenvalue weighted by molar-refractivity contribution is -0.122. The molecule has 0 aromatic heterocycles. The van der Waals surface area contributed by atoms with Gasteiger partial charge in [-0.15, -0.1) is 0 Å². The van der Waals surface area contributed by atoms with E-state index in [9.17, 15) is 9.59 Å². The molecule has 89 valence electrons. The quantitative estimate of drug-likeness (QED) is 0.819. The molecule has 17 heavy (non-hydrogen) atoms. The van der Waals surface area contributed by atoms with Crippen LogP contribution in [-0.2, 0) is 9.59 Å². The summed E-state index contributed by atoms with van der Waals surface area (Å²) in [5, 5.41) is 2.66. The number of rotatable bonds is 3. The highest BCUT2D eigenvalue weighted by molar-refractivity contribution is 5.97. The first-order valence-corrected chi connectivity index (χ1v) is 5.36. The van der Waals surface area contributed by atoms with Gasteiger partial charge in [0.15, 0.2) is 6.61 Å². The van der Waals surface area contributed by atoms with Crippen molar-refractivity contribution in [2.24, 2.45) is 0 Å². The minimum atomic E-state index is -0.109. The van der Waals surface area contributed by atoms with E-state index < -0.39 is 0 Å². The molecule has 1 heterocycles. The number of amides is 2. The van der Waals surface area contributed by atoms with Gasteiger partial charge in [-0.3, -0.25) is 9.59 Å². The lowest BCUT2D eigenvalue weighted by Gasteiger charge is -2.29. The van der Waals surface area contributed by atoms with Crippen LogP contribution in [0.15, 0.2) is 18.2 Å². The molecule has 0 fully saturated rings. The summed E-state index contributed by atoms with van der Waals surface area (Å²) in [5.41, 5.74) is 0.703. The molecule has 1 aliphatic heterocycles. The predicted octanol–water partition coefficient (Wildman–Crippen LogP) is 0.348. The Kier molecular flexibility index (Phi) is 3.27. The smallest absolute Gasteiger partial charge is 0.265 e. The topological polar surface area (TPSA) is 58.6 Å². The van der Waals surface area contributed by atoms with Crippen molar-refractivity contribution in [3.63, 3.8) is 0 Å². The standard InChI is InChI=1S/C12H13N2O3/c1-9(15)13-6-7-14-10-4-2-3-5-11(10)17-8-12(14)16/h3-5H,6-8H2,1H3,(H,13,15). The first-order valence-electron chi connectivity index (χ1n) is 5.36. The van der Waals surface area contributed by atoms with Crippen LogP contribution in [0.3, 0.4) is 0 Å². The van der Waals surface area contributed by atoms with Crippen LogP contribution < -0.4 is 15.0 Å². The monoisotopic (exact) mass is 233 g/mol. The van der Waals surface area contributed by atoms with Gasteiger partial charge < -0.3 is 15.0 Å². The summed E-state index contributed by atoms with van der Waals surface area (Å²) >= 11 is 0. The Morgan fingerprint density at radius 2 is 2.47 bits per heavy atom. The number of benzene rings is 1. The van der Waals surface area contributed by atoms with Gasteiger partial charge in [-0.2, -0.15) is 0 Å². The average Bonchev–Trinajstić information content (AvgIpc) is 2.32. The largest absolute Gasteiger partial charge is 0.482 e. The summed E-state index contributed by atoms with van der Waals surface area (Å²) < 4.78 is 5.29. The molecule has 0 saturated carbocycles. The van der Waals surface area contributed by atoms with Crippen molar-refractivity contribution in [1.82, 2.24) is 5.32 Å². The van der Waals surface area contributed by atoms with Gasteiger partial charge in [0.25, 0.3) is 5.91 Å². The zero-order valence-electron chi connectivity index (χ0n) is 9.53. The van der Waals surface area contributed by atoms with Gasteiger partial charge in [0, 0.05) is 20.0 Å². The summed E-state index contributed by atoms with van der Waals surface area (Å²) in [6.45, 7) is 2.35. The maximum Gasteiger partial charge on any atom is 0.265 e. The molecule has 0 aliphatic carbocycles.